The fourth-order valence-corrected chi connectivity index (χ4v) is 2.04. The van der Waals surface area contributed by atoms with Crippen LogP contribution >= 0.6 is 27.5 Å². The summed E-state index contributed by atoms with van der Waals surface area (Å²) in [5, 5.41) is 9.28. The Hall–Kier alpha value is -0.580. The van der Waals surface area contributed by atoms with E-state index >= 15 is 0 Å². The molecule has 0 aliphatic carbocycles. The van der Waals surface area contributed by atoms with Crippen LogP contribution in [-0.4, -0.2) is 18.2 Å². The van der Waals surface area contributed by atoms with Crippen LogP contribution in [0, 0.1) is 0 Å². The normalized spacial score (nSPS) is 10.0. The maximum absolute atomic E-state index is 11.3. The molecule has 1 rings (SSSR count). The largest absolute Gasteiger partial charge is 0.465 e. The van der Waals surface area contributed by atoms with E-state index in [4.69, 9.17) is 16.7 Å². The highest BCUT2D eigenvalue weighted by Crippen LogP contribution is 2.26. The summed E-state index contributed by atoms with van der Waals surface area (Å²) < 4.78 is 5.26. The Balaban J connectivity index is 3.32. The highest BCUT2D eigenvalue weighted by molar-refractivity contribution is 9.10. The van der Waals surface area contributed by atoms with E-state index in [9.17, 15) is 4.79 Å². The maximum Gasteiger partial charge on any atom is 0.339 e. The molecule has 0 bridgehead atoms. The number of aliphatic hydroxyl groups is 1. The van der Waals surface area contributed by atoms with E-state index in [1.54, 1.807) is 12.1 Å². The molecule has 1 aromatic rings. The standard InChI is InChI=1S/C9H8BrClO3/c1-14-9(13)8-5(4-12)2-6(10)3-7(8)11/h2-3,12H,4H2,1H3. The molecule has 1 aromatic carbocycles. The van der Waals surface area contributed by atoms with Crippen LogP contribution in [0.1, 0.15) is 15.9 Å². The molecule has 0 aliphatic heterocycles. The Morgan fingerprint density at radius 3 is 2.79 bits per heavy atom. The third kappa shape index (κ3) is 2.26. The molecule has 0 spiro atoms. The SMILES string of the molecule is COC(=O)c1c(Cl)cc(Br)cc1CO. The quantitative estimate of drug-likeness (QED) is 0.846. The number of hydrogen-bond acceptors (Lipinski definition) is 3. The molecule has 0 fully saturated rings. The van der Waals surface area contributed by atoms with Crippen molar-refractivity contribution in [3.8, 4) is 0 Å². The van der Waals surface area contributed by atoms with Gasteiger partial charge in [-0.25, -0.2) is 4.79 Å². The van der Waals surface area contributed by atoms with Gasteiger partial charge in [0.05, 0.1) is 24.3 Å². The minimum Gasteiger partial charge on any atom is -0.465 e. The highest BCUT2D eigenvalue weighted by atomic mass is 79.9. The summed E-state index contributed by atoms with van der Waals surface area (Å²) in [5.41, 5.74) is 0.649. The minimum atomic E-state index is -0.549. The van der Waals surface area contributed by atoms with Crippen LogP contribution in [0.2, 0.25) is 5.02 Å². The van der Waals surface area contributed by atoms with Gasteiger partial charge in [-0.2, -0.15) is 0 Å². The molecule has 0 aromatic heterocycles. The Bertz CT molecular complexity index is 365. The van der Waals surface area contributed by atoms with Crippen LogP contribution in [0.4, 0.5) is 0 Å². The molecule has 0 radical (unpaired) electrons. The second-order valence-corrected chi connectivity index (χ2v) is 3.89. The number of rotatable bonds is 2. The smallest absolute Gasteiger partial charge is 0.339 e. The van der Waals surface area contributed by atoms with Crippen molar-refractivity contribution in [2.45, 2.75) is 6.61 Å². The number of carbonyl (C=O) groups excluding carboxylic acids is 1. The lowest BCUT2D eigenvalue weighted by atomic mass is 10.1. The number of ether oxygens (including phenoxy) is 1. The van der Waals surface area contributed by atoms with Gasteiger partial charge in [0.2, 0.25) is 0 Å². The van der Waals surface area contributed by atoms with Crippen LogP contribution in [0.25, 0.3) is 0 Å². The summed E-state index contributed by atoms with van der Waals surface area (Å²) in [6.07, 6.45) is 0. The lowest BCUT2D eigenvalue weighted by Gasteiger charge is -2.08. The predicted octanol–water partition coefficient (Wildman–Crippen LogP) is 2.38. The number of methoxy groups -OCH3 is 1. The zero-order valence-electron chi connectivity index (χ0n) is 7.38. The molecule has 3 nitrogen and oxygen atoms in total. The van der Waals surface area contributed by atoms with Crippen molar-refractivity contribution in [2.24, 2.45) is 0 Å². The molecule has 1 N–H and O–H groups in total. The molecule has 0 atom stereocenters. The summed E-state index contributed by atoms with van der Waals surface area (Å²) in [5.74, 6) is -0.549. The Morgan fingerprint density at radius 1 is 1.64 bits per heavy atom. The summed E-state index contributed by atoms with van der Waals surface area (Å²) in [6.45, 7) is -0.260. The van der Waals surface area contributed by atoms with Crippen LogP contribution < -0.4 is 0 Å². The first-order valence-electron chi connectivity index (χ1n) is 3.77. The van der Waals surface area contributed by atoms with Gasteiger partial charge in [0.25, 0.3) is 0 Å². The van der Waals surface area contributed by atoms with Gasteiger partial charge in [-0.05, 0) is 17.7 Å². The summed E-state index contributed by atoms with van der Waals surface area (Å²) >= 11 is 9.06. The zero-order valence-corrected chi connectivity index (χ0v) is 9.72. The van der Waals surface area contributed by atoms with E-state index in [0.29, 0.717) is 10.0 Å². The minimum absolute atomic E-state index is 0.208. The number of hydrogen-bond donors (Lipinski definition) is 1. The van der Waals surface area contributed by atoms with Crippen molar-refractivity contribution >= 4 is 33.5 Å². The molecule has 0 saturated heterocycles. The van der Waals surface area contributed by atoms with E-state index in [2.05, 4.69) is 20.7 Å². The molecule has 5 heteroatoms. The lowest BCUT2D eigenvalue weighted by molar-refractivity contribution is 0.0597. The fraction of sp³-hybridized carbons (Fsp3) is 0.222. The number of halogens is 2. The molecule has 14 heavy (non-hydrogen) atoms. The van der Waals surface area contributed by atoms with Crippen LogP contribution in [0.5, 0.6) is 0 Å². The second-order valence-electron chi connectivity index (χ2n) is 2.57. The Morgan fingerprint density at radius 2 is 2.29 bits per heavy atom. The van der Waals surface area contributed by atoms with Gasteiger partial charge in [0.1, 0.15) is 0 Å². The number of aliphatic hydroxyl groups excluding tert-OH is 1. The van der Waals surface area contributed by atoms with E-state index in [0.717, 1.165) is 0 Å². The van der Waals surface area contributed by atoms with E-state index in [1.165, 1.54) is 7.11 Å². The number of carbonyl (C=O) groups is 1. The van der Waals surface area contributed by atoms with Crippen LogP contribution in [0.15, 0.2) is 16.6 Å². The Labute approximate surface area is 94.8 Å². The van der Waals surface area contributed by atoms with E-state index in [-0.39, 0.29) is 17.2 Å². The molecule has 76 valence electrons. The molecule has 0 heterocycles. The summed E-state index contributed by atoms with van der Waals surface area (Å²) in [6, 6.07) is 3.20. The third-order valence-corrected chi connectivity index (χ3v) is 2.45. The average Bonchev–Trinajstić information content (AvgIpc) is 2.15. The predicted molar refractivity (Wildman–Crippen MR) is 56.4 cm³/mol. The molecule has 0 unspecified atom stereocenters. The topological polar surface area (TPSA) is 46.5 Å². The molecule has 0 amide bonds. The molecule has 0 aliphatic rings. The van der Waals surface area contributed by atoms with Crippen molar-refractivity contribution in [2.75, 3.05) is 7.11 Å². The summed E-state index contributed by atoms with van der Waals surface area (Å²) in [7, 11) is 1.27. The number of esters is 1. The van der Waals surface area contributed by atoms with Gasteiger partial charge in [0.15, 0.2) is 0 Å². The van der Waals surface area contributed by atoms with Crippen molar-refractivity contribution in [3.05, 3.63) is 32.8 Å². The first-order valence-corrected chi connectivity index (χ1v) is 4.94. The van der Waals surface area contributed by atoms with Crippen LogP contribution in [-0.2, 0) is 11.3 Å². The monoisotopic (exact) mass is 278 g/mol. The van der Waals surface area contributed by atoms with Gasteiger partial charge >= 0.3 is 5.97 Å². The van der Waals surface area contributed by atoms with Gasteiger partial charge < -0.3 is 9.84 Å². The van der Waals surface area contributed by atoms with Crippen molar-refractivity contribution in [3.63, 3.8) is 0 Å². The van der Waals surface area contributed by atoms with Gasteiger partial charge in [-0.15, -0.1) is 0 Å². The second kappa shape index (κ2) is 4.77. The first-order chi connectivity index (χ1) is 6.60. The summed E-state index contributed by atoms with van der Waals surface area (Å²) in [4.78, 5) is 11.3. The lowest BCUT2D eigenvalue weighted by Crippen LogP contribution is -2.06. The van der Waals surface area contributed by atoms with Crippen molar-refractivity contribution in [1.82, 2.24) is 0 Å². The number of benzene rings is 1. The van der Waals surface area contributed by atoms with E-state index in [1.807, 2.05) is 0 Å². The van der Waals surface area contributed by atoms with E-state index < -0.39 is 5.97 Å². The molecule has 0 saturated carbocycles. The van der Waals surface area contributed by atoms with Crippen molar-refractivity contribution in [1.29, 1.82) is 0 Å². The third-order valence-electron chi connectivity index (χ3n) is 1.70. The zero-order chi connectivity index (χ0) is 10.7. The van der Waals surface area contributed by atoms with Gasteiger partial charge in [0, 0.05) is 4.47 Å². The highest BCUT2D eigenvalue weighted by Gasteiger charge is 2.16. The van der Waals surface area contributed by atoms with Crippen LogP contribution in [0.3, 0.4) is 0 Å². The average molecular weight is 280 g/mol. The van der Waals surface area contributed by atoms with Gasteiger partial charge in [-0.1, -0.05) is 27.5 Å². The molecular formula is C9H8BrClO3. The first kappa shape index (κ1) is 11.5. The maximum atomic E-state index is 11.3. The molecular weight excluding hydrogens is 271 g/mol. The fourth-order valence-electron chi connectivity index (χ4n) is 1.08. The Kier molecular flexibility index (Phi) is 3.92. The van der Waals surface area contributed by atoms with Gasteiger partial charge in [-0.3, -0.25) is 0 Å². The van der Waals surface area contributed by atoms with Crippen molar-refractivity contribution < 1.29 is 14.6 Å².